The second-order valence-corrected chi connectivity index (χ2v) is 4.63. The van der Waals surface area contributed by atoms with Gasteiger partial charge in [-0.2, -0.15) is 0 Å². The van der Waals surface area contributed by atoms with E-state index in [4.69, 9.17) is 14.2 Å². The topological polar surface area (TPSA) is 27.7 Å². The van der Waals surface area contributed by atoms with Crippen LogP contribution in [-0.2, 0) is 11.3 Å². The third-order valence-corrected chi connectivity index (χ3v) is 3.20. The van der Waals surface area contributed by atoms with Crippen LogP contribution in [0.5, 0.6) is 11.5 Å². The van der Waals surface area contributed by atoms with Gasteiger partial charge in [-0.3, -0.25) is 0 Å². The molecule has 3 nitrogen and oxygen atoms in total. The molecule has 1 unspecified atom stereocenters. The highest BCUT2D eigenvalue weighted by Gasteiger charge is 2.14. The number of ether oxygens (including phenoxy) is 3. The average molecular weight is 260 g/mol. The minimum absolute atomic E-state index is 0.127. The van der Waals surface area contributed by atoms with Crippen LogP contribution in [0.1, 0.15) is 12.5 Å². The van der Waals surface area contributed by atoms with Crippen molar-refractivity contribution in [3.63, 3.8) is 0 Å². The summed E-state index contributed by atoms with van der Waals surface area (Å²) in [4.78, 5) is 0. The van der Waals surface area contributed by atoms with E-state index < -0.39 is 0 Å². The highest BCUT2D eigenvalue weighted by molar-refractivity contribution is 5.38. The predicted molar refractivity (Wildman–Crippen MR) is 75.6 cm³/mol. The van der Waals surface area contributed by atoms with Crippen molar-refractivity contribution >= 4 is 0 Å². The van der Waals surface area contributed by atoms with Crippen molar-refractivity contribution in [1.82, 2.24) is 0 Å². The molecule has 0 saturated heterocycles. The molecule has 0 saturated carbocycles. The SMILES string of the molecule is COc1cc(COC2C=CC=C[C@H]2C)cc(OC)c1. The van der Waals surface area contributed by atoms with Gasteiger partial charge in [0.2, 0.25) is 0 Å². The summed E-state index contributed by atoms with van der Waals surface area (Å²) >= 11 is 0. The Balaban J connectivity index is 2.02. The lowest BCUT2D eigenvalue weighted by atomic mass is 10.00. The highest BCUT2D eigenvalue weighted by atomic mass is 16.5. The van der Waals surface area contributed by atoms with Gasteiger partial charge in [0.25, 0.3) is 0 Å². The van der Waals surface area contributed by atoms with Gasteiger partial charge >= 0.3 is 0 Å². The molecular formula is C16H20O3. The Morgan fingerprint density at radius 1 is 0.947 bits per heavy atom. The zero-order valence-electron chi connectivity index (χ0n) is 11.6. The molecule has 3 heteroatoms. The van der Waals surface area contributed by atoms with Crippen molar-refractivity contribution in [2.45, 2.75) is 19.6 Å². The number of methoxy groups -OCH3 is 2. The summed E-state index contributed by atoms with van der Waals surface area (Å²) in [7, 11) is 3.30. The molecule has 0 fully saturated rings. The zero-order chi connectivity index (χ0) is 13.7. The lowest BCUT2D eigenvalue weighted by molar-refractivity contribution is 0.0490. The van der Waals surface area contributed by atoms with E-state index in [0.29, 0.717) is 12.5 Å². The predicted octanol–water partition coefficient (Wildman–Crippen LogP) is 3.35. The van der Waals surface area contributed by atoms with Crippen LogP contribution in [0.2, 0.25) is 0 Å². The quantitative estimate of drug-likeness (QED) is 0.812. The van der Waals surface area contributed by atoms with Crippen molar-refractivity contribution < 1.29 is 14.2 Å². The van der Waals surface area contributed by atoms with Crippen LogP contribution >= 0.6 is 0 Å². The fourth-order valence-electron chi connectivity index (χ4n) is 2.05. The second-order valence-electron chi connectivity index (χ2n) is 4.63. The van der Waals surface area contributed by atoms with Gasteiger partial charge in [0.15, 0.2) is 0 Å². The van der Waals surface area contributed by atoms with Gasteiger partial charge < -0.3 is 14.2 Å². The van der Waals surface area contributed by atoms with Crippen LogP contribution in [0, 0.1) is 5.92 Å². The summed E-state index contributed by atoms with van der Waals surface area (Å²) in [5.41, 5.74) is 1.05. The lowest BCUT2D eigenvalue weighted by Crippen LogP contribution is -2.19. The maximum atomic E-state index is 5.93. The molecule has 1 aromatic rings. The maximum absolute atomic E-state index is 5.93. The molecule has 2 rings (SSSR count). The number of hydrogen-bond acceptors (Lipinski definition) is 3. The van der Waals surface area contributed by atoms with E-state index in [9.17, 15) is 0 Å². The normalized spacial score (nSPS) is 21.4. The van der Waals surface area contributed by atoms with Crippen LogP contribution in [0.25, 0.3) is 0 Å². The monoisotopic (exact) mass is 260 g/mol. The van der Waals surface area contributed by atoms with E-state index in [-0.39, 0.29) is 6.10 Å². The van der Waals surface area contributed by atoms with Crippen LogP contribution in [0.3, 0.4) is 0 Å². The largest absolute Gasteiger partial charge is 0.497 e. The van der Waals surface area contributed by atoms with E-state index in [1.165, 1.54) is 0 Å². The minimum Gasteiger partial charge on any atom is -0.497 e. The molecular weight excluding hydrogens is 240 g/mol. The molecule has 0 spiro atoms. The molecule has 0 aromatic heterocycles. The van der Waals surface area contributed by atoms with E-state index >= 15 is 0 Å². The third kappa shape index (κ3) is 3.61. The first-order valence-electron chi connectivity index (χ1n) is 6.41. The van der Waals surface area contributed by atoms with Gasteiger partial charge in [-0.25, -0.2) is 0 Å². The second kappa shape index (κ2) is 6.43. The van der Waals surface area contributed by atoms with Crippen molar-refractivity contribution in [2.75, 3.05) is 14.2 Å². The number of allylic oxidation sites excluding steroid dienone is 2. The van der Waals surface area contributed by atoms with Gasteiger partial charge in [-0.15, -0.1) is 0 Å². The Bertz CT molecular complexity index is 455. The summed E-state index contributed by atoms with van der Waals surface area (Å²) < 4.78 is 16.4. The summed E-state index contributed by atoms with van der Waals surface area (Å²) in [6, 6.07) is 5.79. The fourth-order valence-corrected chi connectivity index (χ4v) is 2.05. The van der Waals surface area contributed by atoms with Crippen molar-refractivity contribution in [3.8, 4) is 11.5 Å². The molecule has 0 heterocycles. The van der Waals surface area contributed by atoms with Gasteiger partial charge in [0.05, 0.1) is 26.9 Å². The first-order chi connectivity index (χ1) is 9.22. The molecule has 1 aliphatic rings. The zero-order valence-corrected chi connectivity index (χ0v) is 11.6. The third-order valence-electron chi connectivity index (χ3n) is 3.20. The summed E-state index contributed by atoms with van der Waals surface area (Å²) in [6.45, 7) is 2.69. The van der Waals surface area contributed by atoms with Crippen LogP contribution in [-0.4, -0.2) is 20.3 Å². The van der Waals surface area contributed by atoms with Crippen LogP contribution in [0.15, 0.2) is 42.5 Å². The van der Waals surface area contributed by atoms with Crippen molar-refractivity contribution in [3.05, 3.63) is 48.1 Å². The maximum Gasteiger partial charge on any atom is 0.122 e. The molecule has 0 aliphatic heterocycles. The molecule has 0 N–H and O–H groups in total. The van der Waals surface area contributed by atoms with Gasteiger partial charge in [0.1, 0.15) is 11.5 Å². The number of rotatable bonds is 5. The summed E-state index contributed by atoms with van der Waals surface area (Å²) in [5.74, 6) is 1.97. The van der Waals surface area contributed by atoms with Gasteiger partial charge in [-0.1, -0.05) is 31.2 Å². The molecule has 2 atom stereocenters. The van der Waals surface area contributed by atoms with Gasteiger partial charge in [-0.05, 0) is 17.7 Å². The Morgan fingerprint density at radius 2 is 1.58 bits per heavy atom. The van der Waals surface area contributed by atoms with Crippen LogP contribution < -0.4 is 9.47 Å². The molecule has 1 aliphatic carbocycles. The van der Waals surface area contributed by atoms with E-state index in [2.05, 4.69) is 25.2 Å². The average Bonchev–Trinajstić information content (AvgIpc) is 2.46. The first-order valence-corrected chi connectivity index (χ1v) is 6.41. The Hall–Kier alpha value is -1.74. The fraction of sp³-hybridized carbons (Fsp3) is 0.375. The lowest BCUT2D eigenvalue weighted by Gasteiger charge is -2.21. The van der Waals surface area contributed by atoms with Crippen molar-refractivity contribution in [1.29, 1.82) is 0 Å². The number of hydrogen-bond donors (Lipinski definition) is 0. The van der Waals surface area contributed by atoms with Crippen molar-refractivity contribution in [2.24, 2.45) is 5.92 Å². The number of benzene rings is 1. The Labute approximate surface area is 114 Å². The van der Waals surface area contributed by atoms with Crippen LogP contribution in [0.4, 0.5) is 0 Å². The molecule has 0 amide bonds. The summed E-state index contributed by atoms with van der Waals surface area (Å²) in [6.07, 6.45) is 8.44. The molecule has 1 aromatic carbocycles. The Kier molecular flexibility index (Phi) is 4.63. The van der Waals surface area contributed by atoms with E-state index in [1.807, 2.05) is 24.3 Å². The highest BCUT2D eigenvalue weighted by Crippen LogP contribution is 2.24. The van der Waals surface area contributed by atoms with E-state index in [1.54, 1.807) is 14.2 Å². The molecule has 0 bridgehead atoms. The minimum atomic E-state index is 0.127. The molecule has 0 radical (unpaired) electrons. The molecule has 19 heavy (non-hydrogen) atoms. The van der Waals surface area contributed by atoms with E-state index in [0.717, 1.165) is 17.1 Å². The molecule has 102 valence electrons. The smallest absolute Gasteiger partial charge is 0.122 e. The summed E-state index contributed by atoms with van der Waals surface area (Å²) in [5, 5.41) is 0. The standard InChI is InChI=1S/C16H20O3/c1-12-6-4-5-7-16(12)19-11-13-8-14(17-2)10-15(9-13)18-3/h4-10,12,16H,11H2,1-3H3/t12-,16?/m1/s1. The Morgan fingerprint density at radius 3 is 2.16 bits per heavy atom. The van der Waals surface area contributed by atoms with Gasteiger partial charge in [0, 0.05) is 12.0 Å². The first kappa shape index (κ1) is 13.7.